The summed E-state index contributed by atoms with van der Waals surface area (Å²) in [5.41, 5.74) is 0.224. The molecule has 0 aliphatic carbocycles. The Kier molecular flexibility index (Phi) is 2.18. The van der Waals surface area contributed by atoms with Crippen LogP contribution in [0.5, 0.6) is 0 Å². The average molecular weight is 114 g/mol. The number of allylic oxidation sites excluding steroid dienone is 2. The highest BCUT2D eigenvalue weighted by Gasteiger charge is 1.88. The fourth-order valence-corrected chi connectivity index (χ4v) is 0.103. The Hall–Kier alpha value is -0.740. The maximum absolute atomic E-state index is 8.01. The van der Waals surface area contributed by atoms with E-state index in [1.54, 1.807) is 6.07 Å². The number of hydrogen-bond donors (Lipinski definition) is 0. The van der Waals surface area contributed by atoms with Gasteiger partial charge in [-0.2, -0.15) is 5.26 Å². The van der Waals surface area contributed by atoms with Crippen LogP contribution in [0.4, 0.5) is 0 Å². The van der Waals surface area contributed by atoms with E-state index in [9.17, 15) is 0 Å². The van der Waals surface area contributed by atoms with E-state index in [1.165, 1.54) is 0 Å². The minimum Gasteiger partial charge on any atom is -0.192 e. The molecule has 0 unspecified atom stereocenters. The third-order valence-electron chi connectivity index (χ3n) is 0.462. The van der Waals surface area contributed by atoms with Crippen molar-refractivity contribution in [3.63, 3.8) is 0 Å². The molecule has 0 aliphatic rings. The summed E-state index contributed by atoms with van der Waals surface area (Å²) >= 11 is 5.21. The summed E-state index contributed by atoms with van der Waals surface area (Å²) < 4.78 is 0. The first-order valence-corrected chi connectivity index (χ1v) is 2.00. The Bertz CT molecular complexity index is 141. The summed E-state index contributed by atoms with van der Waals surface area (Å²) in [5.74, 6) is 0. The molecule has 0 amide bonds. The van der Waals surface area contributed by atoms with Gasteiger partial charge in [-0.25, -0.2) is 0 Å². The van der Waals surface area contributed by atoms with Crippen molar-refractivity contribution >= 4 is 11.6 Å². The Labute approximate surface area is 47.5 Å². The molecular weight excluding hydrogens is 110 g/mol. The van der Waals surface area contributed by atoms with E-state index in [0.29, 0.717) is 0 Å². The van der Waals surface area contributed by atoms with Crippen molar-refractivity contribution in [2.24, 2.45) is 0 Å². The Morgan fingerprint density at radius 1 is 1.57 bits per heavy atom. The van der Waals surface area contributed by atoms with Gasteiger partial charge >= 0.3 is 0 Å². The van der Waals surface area contributed by atoms with Crippen LogP contribution >= 0.6 is 11.6 Å². The van der Waals surface area contributed by atoms with Crippen LogP contribution in [0.3, 0.4) is 0 Å². The highest BCUT2D eigenvalue weighted by molar-refractivity contribution is 6.32. The highest BCUT2D eigenvalue weighted by atomic mass is 35.5. The van der Waals surface area contributed by atoms with Crippen LogP contribution in [0.1, 0.15) is 0 Å². The van der Waals surface area contributed by atoms with Crippen LogP contribution in [0.2, 0.25) is 0 Å². The molecule has 7 heavy (non-hydrogen) atoms. The van der Waals surface area contributed by atoms with Gasteiger partial charge in [0, 0.05) is 0 Å². The molecule has 0 aliphatic heterocycles. The molecular formula is C5H4ClN. The first-order valence-electron chi connectivity index (χ1n) is 1.62. The molecule has 0 spiro atoms. The zero-order valence-corrected chi connectivity index (χ0v) is 4.50. The van der Waals surface area contributed by atoms with Gasteiger partial charge < -0.3 is 0 Å². The van der Waals surface area contributed by atoms with Crippen molar-refractivity contribution in [3.8, 4) is 6.07 Å². The zero-order valence-electron chi connectivity index (χ0n) is 3.74. The van der Waals surface area contributed by atoms with Gasteiger partial charge in [0.2, 0.25) is 0 Å². The van der Waals surface area contributed by atoms with Crippen molar-refractivity contribution in [1.29, 1.82) is 5.26 Å². The minimum atomic E-state index is 0.211. The smallest absolute Gasteiger partial charge is 0.100 e. The molecule has 0 aromatic carbocycles. The normalized spacial score (nSPS) is 6.86. The molecule has 0 atom stereocenters. The lowest BCUT2D eigenvalue weighted by atomic mass is 10.3. The summed E-state index contributed by atoms with van der Waals surface area (Å²) in [6.45, 7) is 6.55. The molecule has 0 heterocycles. The van der Waals surface area contributed by atoms with E-state index in [-0.39, 0.29) is 10.6 Å². The van der Waals surface area contributed by atoms with E-state index in [2.05, 4.69) is 13.2 Å². The third-order valence-corrected chi connectivity index (χ3v) is 0.691. The van der Waals surface area contributed by atoms with Gasteiger partial charge in [0.05, 0.1) is 10.6 Å². The van der Waals surface area contributed by atoms with E-state index < -0.39 is 0 Å². The van der Waals surface area contributed by atoms with E-state index in [4.69, 9.17) is 16.9 Å². The quantitative estimate of drug-likeness (QED) is 0.376. The molecule has 0 bridgehead atoms. The molecule has 0 radical (unpaired) electrons. The maximum Gasteiger partial charge on any atom is 0.100 e. The number of hydrogen-bond acceptors (Lipinski definition) is 1. The predicted molar refractivity (Wildman–Crippen MR) is 29.7 cm³/mol. The standard InChI is InChI=1S/C5H4ClN/c1-4(3-7)5(2)6/h1-2H2. The van der Waals surface area contributed by atoms with Gasteiger partial charge in [-0.3, -0.25) is 0 Å². The fourth-order valence-electron chi connectivity index (χ4n) is 0.0607. The highest BCUT2D eigenvalue weighted by Crippen LogP contribution is 2.06. The zero-order chi connectivity index (χ0) is 5.86. The van der Waals surface area contributed by atoms with Crippen LogP contribution in [0, 0.1) is 11.3 Å². The van der Waals surface area contributed by atoms with Crippen LogP contribution in [0.15, 0.2) is 23.8 Å². The van der Waals surface area contributed by atoms with Gasteiger partial charge in [0.15, 0.2) is 0 Å². The summed E-state index contributed by atoms with van der Waals surface area (Å²) in [6.07, 6.45) is 0. The van der Waals surface area contributed by atoms with Gasteiger partial charge in [0.25, 0.3) is 0 Å². The topological polar surface area (TPSA) is 23.8 Å². The van der Waals surface area contributed by atoms with E-state index in [0.717, 1.165) is 0 Å². The first kappa shape index (κ1) is 6.26. The first-order chi connectivity index (χ1) is 3.18. The van der Waals surface area contributed by atoms with Crippen molar-refractivity contribution in [2.75, 3.05) is 0 Å². The van der Waals surface area contributed by atoms with Gasteiger partial charge in [-0.05, 0) is 0 Å². The lowest BCUT2D eigenvalue weighted by Gasteiger charge is -1.81. The van der Waals surface area contributed by atoms with Crippen LogP contribution < -0.4 is 0 Å². The van der Waals surface area contributed by atoms with Crippen molar-refractivity contribution in [1.82, 2.24) is 0 Å². The number of halogens is 1. The number of nitrogens with zero attached hydrogens (tertiary/aromatic N) is 1. The summed E-state index contributed by atoms with van der Waals surface area (Å²) in [5, 5.41) is 8.22. The molecule has 0 saturated carbocycles. The van der Waals surface area contributed by atoms with Crippen molar-refractivity contribution in [2.45, 2.75) is 0 Å². The molecule has 0 saturated heterocycles. The van der Waals surface area contributed by atoms with Crippen molar-refractivity contribution < 1.29 is 0 Å². The SMILES string of the molecule is C=C(Cl)C(=C)C#N. The summed E-state index contributed by atoms with van der Waals surface area (Å²) in [4.78, 5) is 0. The molecule has 0 fully saturated rings. The second-order valence-electron chi connectivity index (χ2n) is 0.995. The second-order valence-corrected chi connectivity index (χ2v) is 1.45. The lowest BCUT2D eigenvalue weighted by Crippen LogP contribution is -1.67. The molecule has 0 aromatic heterocycles. The van der Waals surface area contributed by atoms with Gasteiger partial charge in [-0.1, -0.05) is 24.8 Å². The van der Waals surface area contributed by atoms with E-state index in [1.807, 2.05) is 0 Å². The molecule has 2 heteroatoms. The fraction of sp³-hybridized carbons (Fsp3) is 0. The van der Waals surface area contributed by atoms with Gasteiger partial charge in [-0.15, -0.1) is 0 Å². The summed E-state index contributed by atoms with van der Waals surface area (Å²) in [7, 11) is 0. The largest absolute Gasteiger partial charge is 0.192 e. The predicted octanol–water partition coefficient (Wildman–Crippen LogP) is 1.82. The van der Waals surface area contributed by atoms with Crippen LogP contribution in [-0.2, 0) is 0 Å². The Morgan fingerprint density at radius 2 is 2.00 bits per heavy atom. The molecule has 0 aromatic rings. The molecule has 0 rings (SSSR count). The number of rotatable bonds is 1. The monoisotopic (exact) mass is 113 g/mol. The van der Waals surface area contributed by atoms with Crippen LogP contribution in [0.25, 0.3) is 0 Å². The minimum absolute atomic E-state index is 0.211. The van der Waals surface area contributed by atoms with Gasteiger partial charge in [0.1, 0.15) is 6.07 Å². The lowest BCUT2D eigenvalue weighted by molar-refractivity contribution is 1.50. The number of nitriles is 1. The maximum atomic E-state index is 8.01. The molecule has 1 nitrogen and oxygen atoms in total. The van der Waals surface area contributed by atoms with Crippen LogP contribution in [-0.4, -0.2) is 0 Å². The molecule has 36 valence electrons. The summed E-state index contributed by atoms with van der Waals surface area (Å²) in [6, 6.07) is 1.74. The Morgan fingerprint density at radius 3 is 2.00 bits per heavy atom. The van der Waals surface area contributed by atoms with E-state index >= 15 is 0 Å². The Balaban J connectivity index is 3.90. The third kappa shape index (κ3) is 2.02. The van der Waals surface area contributed by atoms with Crippen molar-refractivity contribution in [3.05, 3.63) is 23.8 Å². The molecule has 0 N–H and O–H groups in total. The average Bonchev–Trinajstić information content (AvgIpc) is 1.65. The second kappa shape index (κ2) is 2.44.